The van der Waals surface area contributed by atoms with Gasteiger partial charge in [-0.3, -0.25) is 14.4 Å². The van der Waals surface area contributed by atoms with Gasteiger partial charge in [0.1, 0.15) is 13.2 Å². The summed E-state index contributed by atoms with van der Waals surface area (Å²) in [5.74, 6) is -1.59. The zero-order valence-electron chi connectivity index (χ0n) is 10.5. The molecule has 0 unspecified atom stereocenters. The first-order chi connectivity index (χ1) is 9.47. The number of halogens is 1. The lowest BCUT2D eigenvalue weighted by atomic mass is 10.3. The van der Waals surface area contributed by atoms with Crippen LogP contribution in [0.15, 0.2) is 24.3 Å². The number of nitrogens with one attached hydrogen (secondary N) is 2. The lowest BCUT2D eigenvalue weighted by Crippen LogP contribution is -2.36. The molecule has 0 bridgehead atoms. The van der Waals surface area contributed by atoms with Gasteiger partial charge in [0.05, 0.1) is 6.54 Å². The third-order valence-corrected chi connectivity index (χ3v) is 2.31. The number of rotatable bonds is 7. The molecule has 7 nitrogen and oxygen atoms in total. The van der Waals surface area contributed by atoms with Gasteiger partial charge in [-0.05, 0) is 24.3 Å². The molecular weight excluding hydrogens is 286 g/mol. The molecule has 4 N–H and O–H groups in total. The Morgan fingerprint density at radius 1 is 1.10 bits per heavy atom. The van der Waals surface area contributed by atoms with Crippen molar-refractivity contribution in [2.75, 3.05) is 25.1 Å². The first-order valence-electron chi connectivity index (χ1n) is 5.65. The number of benzene rings is 1. The predicted octanol–water partition coefficient (Wildman–Crippen LogP) is -0.103. The summed E-state index contributed by atoms with van der Waals surface area (Å²) in [6.07, 6.45) is 0. The Kier molecular flexibility index (Phi) is 6.48. The number of ether oxygens (including phenoxy) is 1. The lowest BCUT2D eigenvalue weighted by molar-refractivity contribution is -0.130. The molecule has 108 valence electrons. The average Bonchev–Trinajstić information content (AvgIpc) is 2.39. The van der Waals surface area contributed by atoms with Crippen molar-refractivity contribution in [1.82, 2.24) is 5.32 Å². The molecule has 0 aliphatic rings. The second-order valence-electron chi connectivity index (χ2n) is 3.79. The van der Waals surface area contributed by atoms with Crippen molar-refractivity contribution < 1.29 is 19.1 Å². The highest BCUT2D eigenvalue weighted by atomic mass is 35.5. The Hall–Kier alpha value is -2.12. The molecule has 0 aliphatic heterocycles. The summed E-state index contributed by atoms with van der Waals surface area (Å²) in [5.41, 5.74) is 5.42. The maximum Gasteiger partial charge on any atom is 0.250 e. The number of carbonyl (C=O) groups excluding carboxylic acids is 3. The molecule has 0 fully saturated rings. The third kappa shape index (κ3) is 6.72. The van der Waals surface area contributed by atoms with E-state index >= 15 is 0 Å². The normalized spacial score (nSPS) is 9.85. The van der Waals surface area contributed by atoms with Crippen LogP contribution in [0.3, 0.4) is 0 Å². The van der Waals surface area contributed by atoms with E-state index in [0.29, 0.717) is 10.7 Å². The molecule has 0 aliphatic carbocycles. The molecule has 1 aromatic rings. The van der Waals surface area contributed by atoms with E-state index in [1.807, 2.05) is 0 Å². The van der Waals surface area contributed by atoms with Gasteiger partial charge in [0.2, 0.25) is 17.7 Å². The van der Waals surface area contributed by atoms with E-state index in [4.69, 9.17) is 22.1 Å². The number of hydrogen-bond donors (Lipinski definition) is 3. The molecule has 8 heteroatoms. The highest BCUT2D eigenvalue weighted by Gasteiger charge is 2.06. The van der Waals surface area contributed by atoms with Crippen LogP contribution in [0.25, 0.3) is 0 Å². The molecule has 1 aromatic carbocycles. The van der Waals surface area contributed by atoms with Crippen molar-refractivity contribution in [3.05, 3.63) is 29.3 Å². The zero-order valence-corrected chi connectivity index (χ0v) is 11.3. The molecule has 0 spiro atoms. The quantitative estimate of drug-likeness (QED) is 0.652. The topological polar surface area (TPSA) is 111 Å². The number of amides is 3. The van der Waals surface area contributed by atoms with E-state index in [1.165, 1.54) is 0 Å². The summed E-state index contributed by atoms with van der Waals surface area (Å²) in [6.45, 7) is -0.882. The Bertz CT molecular complexity index is 490. The predicted molar refractivity (Wildman–Crippen MR) is 73.1 cm³/mol. The van der Waals surface area contributed by atoms with Gasteiger partial charge in [-0.15, -0.1) is 0 Å². The Morgan fingerprint density at radius 3 is 2.30 bits per heavy atom. The standard InChI is InChI=1S/C12H14ClN3O4/c13-8-1-3-9(4-2-8)16-12(19)7-20-6-11(18)15-5-10(14)17/h1-4H,5-7H2,(H2,14,17)(H,15,18)(H,16,19). The van der Waals surface area contributed by atoms with Crippen LogP contribution in [0.4, 0.5) is 5.69 Å². The minimum Gasteiger partial charge on any atom is -0.368 e. The molecule has 0 atom stereocenters. The highest BCUT2D eigenvalue weighted by molar-refractivity contribution is 6.30. The molecule has 0 radical (unpaired) electrons. The fourth-order valence-electron chi connectivity index (χ4n) is 1.20. The fraction of sp³-hybridized carbons (Fsp3) is 0.250. The summed E-state index contributed by atoms with van der Waals surface area (Å²) in [7, 11) is 0. The lowest BCUT2D eigenvalue weighted by Gasteiger charge is -2.06. The molecule has 0 heterocycles. The van der Waals surface area contributed by atoms with Gasteiger partial charge < -0.3 is 21.1 Å². The molecule has 20 heavy (non-hydrogen) atoms. The largest absolute Gasteiger partial charge is 0.368 e. The molecule has 3 amide bonds. The van der Waals surface area contributed by atoms with Gasteiger partial charge in [0.25, 0.3) is 0 Å². The van der Waals surface area contributed by atoms with Gasteiger partial charge in [-0.2, -0.15) is 0 Å². The number of primary amides is 1. The van der Waals surface area contributed by atoms with Crippen molar-refractivity contribution in [3.8, 4) is 0 Å². The number of nitrogens with two attached hydrogens (primary N) is 1. The molecule has 0 saturated carbocycles. The van der Waals surface area contributed by atoms with Gasteiger partial charge >= 0.3 is 0 Å². The van der Waals surface area contributed by atoms with Crippen LogP contribution in [0, 0.1) is 0 Å². The van der Waals surface area contributed by atoms with E-state index in [-0.39, 0.29) is 19.8 Å². The average molecular weight is 300 g/mol. The van der Waals surface area contributed by atoms with Gasteiger partial charge in [0, 0.05) is 10.7 Å². The summed E-state index contributed by atoms with van der Waals surface area (Å²) in [6, 6.07) is 6.55. The molecule has 1 rings (SSSR count). The van der Waals surface area contributed by atoms with Crippen molar-refractivity contribution in [1.29, 1.82) is 0 Å². The van der Waals surface area contributed by atoms with Gasteiger partial charge in [0.15, 0.2) is 0 Å². The van der Waals surface area contributed by atoms with Crippen molar-refractivity contribution >= 4 is 35.0 Å². The van der Waals surface area contributed by atoms with E-state index in [2.05, 4.69) is 10.6 Å². The van der Waals surface area contributed by atoms with Crippen molar-refractivity contribution in [2.45, 2.75) is 0 Å². The fourth-order valence-corrected chi connectivity index (χ4v) is 1.33. The first-order valence-corrected chi connectivity index (χ1v) is 6.03. The maximum absolute atomic E-state index is 11.5. The minimum atomic E-state index is -0.654. The third-order valence-electron chi connectivity index (χ3n) is 2.05. The smallest absolute Gasteiger partial charge is 0.250 e. The van der Waals surface area contributed by atoms with E-state index < -0.39 is 17.7 Å². The number of carbonyl (C=O) groups is 3. The van der Waals surface area contributed by atoms with Crippen LogP contribution >= 0.6 is 11.6 Å². The Balaban J connectivity index is 2.21. The van der Waals surface area contributed by atoms with Crippen molar-refractivity contribution in [2.24, 2.45) is 5.73 Å². The Morgan fingerprint density at radius 2 is 1.70 bits per heavy atom. The monoisotopic (exact) mass is 299 g/mol. The maximum atomic E-state index is 11.5. The van der Waals surface area contributed by atoms with Gasteiger partial charge in [-0.25, -0.2) is 0 Å². The number of hydrogen-bond acceptors (Lipinski definition) is 4. The van der Waals surface area contributed by atoms with Crippen LogP contribution < -0.4 is 16.4 Å². The summed E-state index contributed by atoms with van der Waals surface area (Å²) < 4.78 is 4.88. The van der Waals surface area contributed by atoms with Crippen LogP contribution in [-0.2, 0) is 19.1 Å². The second-order valence-corrected chi connectivity index (χ2v) is 4.23. The van der Waals surface area contributed by atoms with Crippen molar-refractivity contribution in [3.63, 3.8) is 0 Å². The Labute approximate surface area is 120 Å². The van der Waals surface area contributed by atoms with E-state index in [1.54, 1.807) is 24.3 Å². The van der Waals surface area contributed by atoms with Gasteiger partial charge in [-0.1, -0.05) is 11.6 Å². The SMILES string of the molecule is NC(=O)CNC(=O)COCC(=O)Nc1ccc(Cl)cc1. The zero-order chi connectivity index (χ0) is 15.0. The van der Waals surface area contributed by atoms with Crippen LogP contribution in [0.1, 0.15) is 0 Å². The van der Waals surface area contributed by atoms with Crippen LogP contribution in [-0.4, -0.2) is 37.5 Å². The highest BCUT2D eigenvalue weighted by Crippen LogP contribution is 2.13. The summed E-state index contributed by atoms with van der Waals surface area (Å²) in [5, 5.41) is 5.35. The van der Waals surface area contributed by atoms with E-state index in [9.17, 15) is 14.4 Å². The van der Waals surface area contributed by atoms with Crippen LogP contribution in [0.2, 0.25) is 5.02 Å². The summed E-state index contributed by atoms with van der Waals surface area (Å²) in [4.78, 5) is 33.0. The number of anilines is 1. The molecule has 0 aromatic heterocycles. The second kappa shape index (κ2) is 8.13. The summed E-state index contributed by atoms with van der Waals surface area (Å²) >= 11 is 5.70. The molecular formula is C12H14ClN3O4. The van der Waals surface area contributed by atoms with E-state index in [0.717, 1.165) is 0 Å². The van der Waals surface area contributed by atoms with Crippen LogP contribution in [0.5, 0.6) is 0 Å². The molecule has 0 saturated heterocycles. The minimum absolute atomic E-state index is 0.265. The first kappa shape index (κ1) is 15.9.